The van der Waals surface area contributed by atoms with Crippen LogP contribution in [-0.2, 0) is 16.1 Å². The zero-order chi connectivity index (χ0) is 24.5. The Morgan fingerprint density at radius 3 is 2.37 bits per heavy atom. The first-order valence-corrected chi connectivity index (χ1v) is 12.3. The Bertz CT molecular complexity index is 1240. The van der Waals surface area contributed by atoms with Crippen molar-refractivity contribution in [3.8, 4) is 11.1 Å². The molecule has 2 N–H and O–H groups in total. The van der Waals surface area contributed by atoms with Crippen molar-refractivity contribution in [2.75, 3.05) is 12.4 Å². The smallest absolute Gasteiger partial charge is 0.407 e. The number of nitrogens with one attached hydrogen (secondary N) is 1. The maximum atomic E-state index is 12.8. The van der Waals surface area contributed by atoms with Crippen LogP contribution in [0.4, 0.5) is 4.79 Å². The lowest BCUT2D eigenvalue weighted by atomic mass is 9.98. The molecular formula is C26H24N2O6S. The van der Waals surface area contributed by atoms with E-state index in [9.17, 15) is 19.5 Å². The number of thioether (sulfide) groups is 1. The Labute approximate surface area is 206 Å². The molecule has 1 aliphatic carbocycles. The molecular weight excluding hydrogens is 468 g/mol. The number of alkyl carbamates (subject to hydrolysis) is 1. The van der Waals surface area contributed by atoms with Crippen molar-refractivity contribution < 1.29 is 28.6 Å². The molecule has 2 aliphatic rings. The third-order valence-electron chi connectivity index (χ3n) is 6.37. The Kier molecular flexibility index (Phi) is 6.25. The van der Waals surface area contributed by atoms with Crippen LogP contribution in [0.25, 0.3) is 11.1 Å². The van der Waals surface area contributed by atoms with E-state index in [2.05, 4.69) is 29.6 Å². The lowest BCUT2D eigenvalue weighted by molar-refractivity contribution is -0.141. The quantitative estimate of drug-likeness (QED) is 0.528. The first-order valence-electron chi connectivity index (χ1n) is 11.3. The van der Waals surface area contributed by atoms with Gasteiger partial charge in [0.2, 0.25) is 0 Å². The topological polar surface area (TPSA) is 109 Å². The molecule has 2 heterocycles. The Morgan fingerprint density at radius 1 is 1.06 bits per heavy atom. The minimum atomic E-state index is -1.04. The van der Waals surface area contributed by atoms with Crippen molar-refractivity contribution in [1.82, 2.24) is 10.2 Å². The van der Waals surface area contributed by atoms with Gasteiger partial charge in [-0.25, -0.2) is 9.59 Å². The van der Waals surface area contributed by atoms with Crippen LogP contribution in [0.1, 0.15) is 40.3 Å². The molecule has 1 fully saturated rings. The number of carbonyl (C=O) groups is 3. The molecule has 0 bridgehead atoms. The molecule has 9 heteroatoms. The molecule has 8 nitrogen and oxygen atoms in total. The van der Waals surface area contributed by atoms with Crippen LogP contribution >= 0.6 is 11.8 Å². The summed E-state index contributed by atoms with van der Waals surface area (Å²) >= 11 is 1.40. The van der Waals surface area contributed by atoms with E-state index in [1.54, 1.807) is 13.0 Å². The zero-order valence-corrected chi connectivity index (χ0v) is 19.8. The first kappa shape index (κ1) is 23.0. The second-order valence-electron chi connectivity index (χ2n) is 8.44. The maximum absolute atomic E-state index is 12.8. The largest absolute Gasteiger partial charge is 0.480 e. The second kappa shape index (κ2) is 9.50. The number of ether oxygens (including phenoxy) is 1. The van der Waals surface area contributed by atoms with E-state index in [-0.39, 0.29) is 30.2 Å². The van der Waals surface area contributed by atoms with Crippen LogP contribution in [0.2, 0.25) is 0 Å². The van der Waals surface area contributed by atoms with Crippen molar-refractivity contribution in [3.05, 3.63) is 83.3 Å². The van der Waals surface area contributed by atoms with Gasteiger partial charge in [-0.3, -0.25) is 4.79 Å². The molecule has 35 heavy (non-hydrogen) atoms. The highest BCUT2D eigenvalue weighted by Crippen LogP contribution is 2.44. The number of hydrogen-bond acceptors (Lipinski definition) is 6. The summed E-state index contributed by atoms with van der Waals surface area (Å²) in [5.74, 6) is -0.827. The molecule has 5 rings (SSSR count). The first-order chi connectivity index (χ1) is 16.9. The Balaban J connectivity index is 1.18. The zero-order valence-electron chi connectivity index (χ0n) is 19.0. The summed E-state index contributed by atoms with van der Waals surface area (Å²) in [6.07, 6.45) is -0.591. The Morgan fingerprint density at radius 2 is 1.71 bits per heavy atom. The van der Waals surface area contributed by atoms with E-state index in [1.165, 1.54) is 22.7 Å². The monoisotopic (exact) mass is 492 g/mol. The third-order valence-corrected chi connectivity index (χ3v) is 7.58. The van der Waals surface area contributed by atoms with E-state index in [1.807, 2.05) is 24.3 Å². The summed E-state index contributed by atoms with van der Waals surface area (Å²) in [5.41, 5.74) is 4.57. The number of carboxylic acid groups (broad SMARTS) is 1. The number of benzene rings is 2. The molecule has 0 saturated carbocycles. The van der Waals surface area contributed by atoms with E-state index in [0.717, 1.165) is 22.3 Å². The minimum absolute atomic E-state index is 0.0370. The molecule has 2 atom stereocenters. The summed E-state index contributed by atoms with van der Waals surface area (Å²) in [7, 11) is 0. The average molecular weight is 493 g/mol. The molecule has 0 spiro atoms. The van der Waals surface area contributed by atoms with Gasteiger partial charge in [-0.15, -0.1) is 11.8 Å². The highest BCUT2D eigenvalue weighted by molar-refractivity contribution is 8.00. The fourth-order valence-electron chi connectivity index (χ4n) is 4.67. The van der Waals surface area contributed by atoms with Gasteiger partial charge in [0.1, 0.15) is 18.4 Å². The highest BCUT2D eigenvalue weighted by atomic mass is 32.2. The normalized spacial score (nSPS) is 18.7. The van der Waals surface area contributed by atoms with Gasteiger partial charge in [-0.05, 0) is 41.3 Å². The van der Waals surface area contributed by atoms with Crippen molar-refractivity contribution in [1.29, 1.82) is 0 Å². The number of hydrogen-bond donors (Lipinski definition) is 2. The van der Waals surface area contributed by atoms with Gasteiger partial charge in [0.05, 0.1) is 11.9 Å². The molecule has 3 aromatic rings. The van der Waals surface area contributed by atoms with E-state index < -0.39 is 24.0 Å². The second-order valence-corrected chi connectivity index (χ2v) is 9.79. The van der Waals surface area contributed by atoms with Gasteiger partial charge in [0, 0.05) is 11.7 Å². The number of carboxylic acids is 1. The fraction of sp³-hybridized carbons (Fsp3) is 0.269. The molecule has 1 aliphatic heterocycles. The summed E-state index contributed by atoms with van der Waals surface area (Å²) in [4.78, 5) is 38.0. The Hall–Kier alpha value is -3.72. The molecule has 1 aromatic heterocycles. The van der Waals surface area contributed by atoms with Gasteiger partial charge in [0.15, 0.2) is 5.76 Å². The third kappa shape index (κ3) is 4.39. The molecule has 0 radical (unpaired) electrons. The fourth-order valence-corrected chi connectivity index (χ4v) is 5.83. The molecule has 2 aromatic carbocycles. The lowest BCUT2D eigenvalue weighted by Crippen LogP contribution is -2.44. The molecule has 180 valence electrons. The van der Waals surface area contributed by atoms with E-state index in [4.69, 9.17) is 9.15 Å². The molecule has 2 unspecified atom stereocenters. The minimum Gasteiger partial charge on any atom is -0.480 e. The summed E-state index contributed by atoms with van der Waals surface area (Å²) in [6.45, 7) is 2.02. The predicted molar refractivity (Wildman–Crippen MR) is 130 cm³/mol. The number of carbonyl (C=O) groups excluding carboxylic acids is 2. The number of amides is 2. The average Bonchev–Trinajstić information content (AvgIpc) is 3.57. The number of rotatable bonds is 6. The number of furan rings is 1. The van der Waals surface area contributed by atoms with Crippen LogP contribution in [0.3, 0.4) is 0 Å². The predicted octanol–water partition coefficient (Wildman–Crippen LogP) is 4.31. The van der Waals surface area contributed by atoms with Gasteiger partial charge >= 0.3 is 12.1 Å². The molecule has 1 saturated heterocycles. The highest BCUT2D eigenvalue weighted by Gasteiger charge is 2.40. The van der Waals surface area contributed by atoms with Gasteiger partial charge in [-0.2, -0.15) is 0 Å². The van der Waals surface area contributed by atoms with Crippen molar-refractivity contribution in [2.24, 2.45) is 0 Å². The van der Waals surface area contributed by atoms with Crippen molar-refractivity contribution in [3.63, 3.8) is 0 Å². The van der Waals surface area contributed by atoms with Gasteiger partial charge < -0.3 is 24.5 Å². The molecule has 2 amide bonds. The van der Waals surface area contributed by atoms with Crippen molar-refractivity contribution in [2.45, 2.75) is 30.8 Å². The number of nitrogens with zero attached hydrogens (tertiary/aromatic N) is 1. The van der Waals surface area contributed by atoms with Crippen LogP contribution in [-0.4, -0.2) is 51.8 Å². The van der Waals surface area contributed by atoms with Crippen LogP contribution in [0.15, 0.2) is 65.1 Å². The van der Waals surface area contributed by atoms with Crippen LogP contribution < -0.4 is 5.32 Å². The number of fused-ring (bicyclic) bond motifs is 3. The van der Waals surface area contributed by atoms with Gasteiger partial charge in [0.25, 0.3) is 5.91 Å². The van der Waals surface area contributed by atoms with Crippen LogP contribution in [0, 0.1) is 0 Å². The van der Waals surface area contributed by atoms with Crippen molar-refractivity contribution >= 4 is 29.7 Å². The van der Waals surface area contributed by atoms with Crippen LogP contribution in [0.5, 0.6) is 0 Å². The summed E-state index contributed by atoms with van der Waals surface area (Å²) in [6, 6.07) is 18.4. The van der Waals surface area contributed by atoms with Gasteiger partial charge in [-0.1, -0.05) is 48.5 Å². The SMILES string of the molecule is CC1SCC(C(=O)O)N1C(=O)c1ccc(CNC(=O)OCC2c3ccccc3-c3ccccc32)o1. The van der Waals surface area contributed by atoms with E-state index >= 15 is 0 Å². The summed E-state index contributed by atoms with van der Waals surface area (Å²) < 4.78 is 11.1. The lowest BCUT2D eigenvalue weighted by Gasteiger charge is -2.23. The summed E-state index contributed by atoms with van der Waals surface area (Å²) in [5, 5.41) is 11.8. The maximum Gasteiger partial charge on any atom is 0.407 e. The van der Waals surface area contributed by atoms with E-state index in [0.29, 0.717) is 11.5 Å². The standard InChI is InChI=1S/C26H24N2O6S/c1-15-28(22(14-35-15)25(30)31)24(29)23-11-10-16(34-23)12-27-26(32)33-13-21-19-8-4-2-6-17(19)18-7-3-5-9-20(18)21/h2-11,15,21-22H,12-14H2,1H3,(H,27,32)(H,30,31). The number of aliphatic carboxylic acids is 1.